The highest BCUT2D eigenvalue weighted by Gasteiger charge is 2.21. The maximum absolute atomic E-state index is 11.8. The molecule has 0 spiro atoms. The molecule has 2 unspecified atom stereocenters. The van der Waals surface area contributed by atoms with Crippen LogP contribution in [0.25, 0.3) is 11.0 Å². The van der Waals surface area contributed by atoms with Crippen molar-refractivity contribution < 1.29 is 13.9 Å². The lowest BCUT2D eigenvalue weighted by Gasteiger charge is -2.24. The summed E-state index contributed by atoms with van der Waals surface area (Å²) in [5.41, 5.74) is 1.58. The number of alkyl carbamates (subject to hydrolysis) is 1. The number of carbonyl (C=O) groups excluding carboxylic acids is 1. The van der Waals surface area contributed by atoms with Gasteiger partial charge in [0, 0.05) is 18.0 Å². The van der Waals surface area contributed by atoms with Crippen molar-refractivity contribution in [3.05, 3.63) is 35.6 Å². The zero-order valence-corrected chi connectivity index (χ0v) is 16.1. The van der Waals surface area contributed by atoms with E-state index in [1.54, 1.807) is 0 Å². The molecule has 25 heavy (non-hydrogen) atoms. The first kappa shape index (κ1) is 19.3. The lowest BCUT2D eigenvalue weighted by molar-refractivity contribution is 0.0521. The standard InChI is InChI=1S/C20H30N2O3/c1-7-15(12-21-19(23)25-20(4,5)6)22-14(3)18-13(2)16-10-8-9-11-17(16)24-18/h8-11,14-15,22H,7,12H2,1-6H3,(H,21,23). The minimum absolute atomic E-state index is 0.0535. The van der Waals surface area contributed by atoms with Gasteiger partial charge in [-0.3, -0.25) is 0 Å². The Kier molecular flexibility index (Phi) is 6.11. The van der Waals surface area contributed by atoms with Gasteiger partial charge in [-0.1, -0.05) is 25.1 Å². The number of aryl methyl sites for hydroxylation is 1. The van der Waals surface area contributed by atoms with Gasteiger partial charge in [-0.25, -0.2) is 4.79 Å². The van der Waals surface area contributed by atoms with Gasteiger partial charge in [-0.05, 0) is 52.7 Å². The van der Waals surface area contributed by atoms with Gasteiger partial charge in [0.15, 0.2) is 0 Å². The van der Waals surface area contributed by atoms with Crippen LogP contribution in [0.15, 0.2) is 28.7 Å². The molecule has 0 bridgehead atoms. The molecule has 2 aromatic rings. The van der Waals surface area contributed by atoms with Gasteiger partial charge >= 0.3 is 6.09 Å². The number of furan rings is 1. The first-order valence-corrected chi connectivity index (χ1v) is 8.92. The van der Waals surface area contributed by atoms with E-state index in [1.165, 1.54) is 0 Å². The summed E-state index contributed by atoms with van der Waals surface area (Å²) in [5, 5.41) is 7.52. The van der Waals surface area contributed by atoms with E-state index in [2.05, 4.69) is 37.5 Å². The monoisotopic (exact) mass is 346 g/mol. The van der Waals surface area contributed by atoms with E-state index in [4.69, 9.17) is 9.15 Å². The Morgan fingerprint density at radius 1 is 1.28 bits per heavy atom. The lowest BCUT2D eigenvalue weighted by Crippen LogP contribution is -2.43. The zero-order chi connectivity index (χ0) is 18.6. The summed E-state index contributed by atoms with van der Waals surface area (Å²) in [5.74, 6) is 0.942. The van der Waals surface area contributed by atoms with Crippen molar-refractivity contribution in [1.29, 1.82) is 0 Å². The molecule has 1 aromatic carbocycles. The van der Waals surface area contributed by atoms with Crippen LogP contribution < -0.4 is 10.6 Å². The van der Waals surface area contributed by atoms with E-state index in [1.807, 2.05) is 39.0 Å². The summed E-state index contributed by atoms with van der Waals surface area (Å²) in [7, 11) is 0. The number of fused-ring (bicyclic) bond motifs is 1. The lowest BCUT2D eigenvalue weighted by atomic mass is 10.1. The largest absolute Gasteiger partial charge is 0.459 e. The van der Waals surface area contributed by atoms with Crippen LogP contribution in [-0.2, 0) is 4.74 Å². The van der Waals surface area contributed by atoms with Gasteiger partial charge in [0.2, 0.25) is 0 Å². The van der Waals surface area contributed by atoms with Crippen LogP contribution in [0, 0.1) is 6.92 Å². The highest BCUT2D eigenvalue weighted by molar-refractivity contribution is 5.82. The van der Waals surface area contributed by atoms with Crippen molar-refractivity contribution in [1.82, 2.24) is 10.6 Å². The summed E-state index contributed by atoms with van der Waals surface area (Å²) in [4.78, 5) is 11.8. The van der Waals surface area contributed by atoms with E-state index < -0.39 is 5.60 Å². The number of para-hydroxylation sites is 1. The van der Waals surface area contributed by atoms with Gasteiger partial charge in [-0.15, -0.1) is 0 Å². The highest BCUT2D eigenvalue weighted by atomic mass is 16.6. The fourth-order valence-electron chi connectivity index (χ4n) is 2.88. The Balaban J connectivity index is 1.98. The molecule has 0 fully saturated rings. The van der Waals surface area contributed by atoms with Crippen LogP contribution in [0.5, 0.6) is 0 Å². The van der Waals surface area contributed by atoms with Crippen LogP contribution in [-0.4, -0.2) is 24.3 Å². The molecule has 5 heteroatoms. The maximum Gasteiger partial charge on any atom is 0.407 e. The summed E-state index contributed by atoms with van der Waals surface area (Å²) < 4.78 is 11.3. The van der Waals surface area contributed by atoms with Gasteiger partial charge in [0.1, 0.15) is 16.9 Å². The fraction of sp³-hybridized carbons (Fsp3) is 0.550. The van der Waals surface area contributed by atoms with Crippen LogP contribution in [0.4, 0.5) is 4.79 Å². The second-order valence-corrected chi connectivity index (χ2v) is 7.46. The first-order valence-electron chi connectivity index (χ1n) is 8.92. The first-order chi connectivity index (χ1) is 11.7. The Morgan fingerprint density at radius 3 is 2.56 bits per heavy atom. The number of benzene rings is 1. The Bertz CT molecular complexity index is 715. The van der Waals surface area contributed by atoms with Crippen molar-refractivity contribution in [2.24, 2.45) is 0 Å². The highest BCUT2D eigenvalue weighted by Crippen LogP contribution is 2.29. The number of nitrogens with one attached hydrogen (secondary N) is 2. The molecule has 0 aliphatic rings. The van der Waals surface area contributed by atoms with Crippen molar-refractivity contribution >= 4 is 17.1 Å². The third-order valence-corrected chi connectivity index (χ3v) is 4.14. The molecule has 1 amide bonds. The molecule has 0 aliphatic heterocycles. The van der Waals surface area contributed by atoms with Gasteiger partial charge < -0.3 is 19.8 Å². The Morgan fingerprint density at radius 2 is 1.96 bits per heavy atom. The minimum Gasteiger partial charge on any atom is -0.459 e. The number of amides is 1. The quantitative estimate of drug-likeness (QED) is 0.796. The van der Waals surface area contributed by atoms with Crippen molar-refractivity contribution in [3.63, 3.8) is 0 Å². The molecule has 1 aromatic heterocycles. The summed E-state index contributed by atoms with van der Waals surface area (Å²) >= 11 is 0. The van der Waals surface area contributed by atoms with E-state index in [9.17, 15) is 4.79 Å². The van der Waals surface area contributed by atoms with E-state index >= 15 is 0 Å². The molecule has 1 heterocycles. The predicted molar refractivity (Wildman–Crippen MR) is 101 cm³/mol. The average molecular weight is 346 g/mol. The third-order valence-electron chi connectivity index (χ3n) is 4.14. The molecule has 0 aliphatic carbocycles. The normalized spacial score (nSPS) is 14.3. The van der Waals surface area contributed by atoms with Gasteiger partial charge in [0.05, 0.1) is 6.04 Å². The van der Waals surface area contributed by atoms with Crippen LogP contribution in [0.1, 0.15) is 58.4 Å². The fourth-order valence-corrected chi connectivity index (χ4v) is 2.88. The molecule has 138 valence electrons. The second-order valence-electron chi connectivity index (χ2n) is 7.46. The van der Waals surface area contributed by atoms with E-state index in [0.717, 1.165) is 28.7 Å². The van der Waals surface area contributed by atoms with E-state index in [-0.39, 0.29) is 18.2 Å². The molecule has 5 nitrogen and oxygen atoms in total. The zero-order valence-electron chi connectivity index (χ0n) is 16.1. The molecule has 2 N–H and O–H groups in total. The number of ether oxygens (including phenoxy) is 1. The smallest absolute Gasteiger partial charge is 0.407 e. The number of hydrogen-bond acceptors (Lipinski definition) is 4. The van der Waals surface area contributed by atoms with Crippen LogP contribution in [0.2, 0.25) is 0 Å². The molecular weight excluding hydrogens is 316 g/mol. The van der Waals surface area contributed by atoms with Crippen LogP contribution >= 0.6 is 0 Å². The number of hydrogen-bond donors (Lipinski definition) is 2. The summed E-state index contributed by atoms with van der Waals surface area (Å²) in [6.07, 6.45) is 0.500. The SMILES string of the molecule is CCC(CNC(=O)OC(C)(C)C)NC(C)c1oc2ccccc2c1C. The molecule has 2 atom stereocenters. The Labute approximate surface area is 150 Å². The molecule has 0 radical (unpaired) electrons. The Hall–Kier alpha value is -2.01. The maximum atomic E-state index is 11.8. The molecule has 2 rings (SSSR count). The van der Waals surface area contributed by atoms with Crippen LogP contribution in [0.3, 0.4) is 0 Å². The molecule has 0 saturated heterocycles. The van der Waals surface area contributed by atoms with Crippen molar-refractivity contribution in [2.75, 3.05) is 6.54 Å². The van der Waals surface area contributed by atoms with Crippen molar-refractivity contribution in [3.8, 4) is 0 Å². The minimum atomic E-state index is -0.488. The molecule has 0 saturated carbocycles. The third kappa shape index (κ3) is 5.23. The van der Waals surface area contributed by atoms with Crippen molar-refractivity contribution in [2.45, 2.75) is 65.6 Å². The summed E-state index contributed by atoms with van der Waals surface area (Å²) in [6, 6.07) is 8.25. The molecular formula is C20H30N2O3. The van der Waals surface area contributed by atoms with Gasteiger partial charge in [-0.2, -0.15) is 0 Å². The number of rotatable bonds is 6. The topological polar surface area (TPSA) is 63.5 Å². The average Bonchev–Trinajstić information content (AvgIpc) is 2.87. The summed E-state index contributed by atoms with van der Waals surface area (Å²) in [6.45, 7) is 12.3. The number of carbonyl (C=O) groups is 1. The van der Waals surface area contributed by atoms with E-state index in [0.29, 0.717) is 6.54 Å². The van der Waals surface area contributed by atoms with Gasteiger partial charge in [0.25, 0.3) is 0 Å². The predicted octanol–water partition coefficient (Wildman–Crippen LogP) is 4.70. The second kappa shape index (κ2) is 7.91.